The van der Waals surface area contributed by atoms with Gasteiger partial charge < -0.3 is 5.32 Å². The maximum absolute atomic E-state index is 13.5. The van der Waals surface area contributed by atoms with Gasteiger partial charge in [0.25, 0.3) is 0 Å². The summed E-state index contributed by atoms with van der Waals surface area (Å²) < 4.78 is 39.5. The summed E-state index contributed by atoms with van der Waals surface area (Å²) in [5.41, 5.74) is 1.20. The molecule has 128 valence electrons. The zero-order chi connectivity index (χ0) is 17.8. The number of hydrogen-bond donors (Lipinski definition) is 1. The Morgan fingerprint density at radius 1 is 1.16 bits per heavy atom. The van der Waals surface area contributed by atoms with Crippen LogP contribution in [0.25, 0.3) is 10.6 Å². The van der Waals surface area contributed by atoms with Gasteiger partial charge in [-0.25, -0.2) is 18.2 Å². The number of anilines is 1. The van der Waals surface area contributed by atoms with E-state index in [1.807, 2.05) is 11.4 Å². The molecule has 0 saturated carbocycles. The Morgan fingerprint density at radius 2 is 2.00 bits per heavy atom. The molecule has 0 radical (unpaired) electrons. The fourth-order valence-corrected chi connectivity index (χ4v) is 2.97. The number of aryl methyl sites for hydroxylation is 1. The molecule has 0 aliphatic rings. The van der Waals surface area contributed by atoms with E-state index in [0.29, 0.717) is 12.1 Å². The van der Waals surface area contributed by atoms with Crippen molar-refractivity contribution in [2.45, 2.75) is 12.8 Å². The third-order valence-electron chi connectivity index (χ3n) is 3.38. The molecule has 8 heteroatoms. The number of carbonyl (C=O) groups excluding carboxylic acids is 1. The molecule has 0 spiro atoms. The van der Waals surface area contributed by atoms with E-state index in [1.165, 1.54) is 11.3 Å². The number of amides is 1. The van der Waals surface area contributed by atoms with Crippen LogP contribution in [0.5, 0.6) is 0 Å². The van der Waals surface area contributed by atoms with Gasteiger partial charge in [-0.15, -0.1) is 11.3 Å². The number of hydrogen-bond acceptors (Lipinski definition) is 4. The van der Waals surface area contributed by atoms with E-state index in [4.69, 9.17) is 0 Å². The van der Waals surface area contributed by atoms with Crippen LogP contribution >= 0.6 is 11.3 Å². The molecular formula is C17H12F3N3OS. The van der Waals surface area contributed by atoms with Crippen molar-refractivity contribution < 1.29 is 18.0 Å². The fourth-order valence-electron chi connectivity index (χ4n) is 2.12. The minimum Gasteiger partial charge on any atom is -0.323 e. The van der Waals surface area contributed by atoms with Gasteiger partial charge in [0.2, 0.25) is 5.91 Å². The number of aromatic nitrogens is 2. The second-order valence-corrected chi connectivity index (χ2v) is 6.01. The number of pyridine rings is 1. The van der Waals surface area contributed by atoms with Crippen molar-refractivity contribution in [3.8, 4) is 10.6 Å². The molecule has 0 unspecified atom stereocenters. The topological polar surface area (TPSA) is 54.9 Å². The molecular weight excluding hydrogens is 351 g/mol. The Morgan fingerprint density at radius 3 is 2.76 bits per heavy atom. The van der Waals surface area contributed by atoms with E-state index in [0.717, 1.165) is 22.7 Å². The van der Waals surface area contributed by atoms with Gasteiger partial charge in [-0.3, -0.25) is 9.78 Å². The van der Waals surface area contributed by atoms with Gasteiger partial charge in [0.15, 0.2) is 17.5 Å². The number of nitrogens with zero attached hydrogens (tertiary/aromatic N) is 2. The van der Waals surface area contributed by atoms with E-state index >= 15 is 0 Å². The summed E-state index contributed by atoms with van der Waals surface area (Å²) in [6.07, 6.45) is 3.74. The second kappa shape index (κ2) is 7.43. The summed E-state index contributed by atoms with van der Waals surface area (Å²) in [6, 6.07) is 5.43. The van der Waals surface area contributed by atoms with Gasteiger partial charge in [-0.05, 0) is 30.7 Å². The Hall–Kier alpha value is -2.74. The lowest BCUT2D eigenvalue weighted by atomic mass is 10.2. The molecule has 0 aliphatic heterocycles. The Labute approximate surface area is 145 Å². The first kappa shape index (κ1) is 17.1. The Bertz CT molecular complexity index is 899. The molecule has 25 heavy (non-hydrogen) atoms. The second-order valence-electron chi connectivity index (χ2n) is 5.16. The standard InChI is InChI=1S/C17H12F3N3OS/c18-12-4-5-13(16(20)15(12)19)23-14(24)6-3-11-9-25-17(22-11)10-2-1-7-21-8-10/h1-2,4-5,7-9H,3,6H2,(H,23,24). The van der Waals surface area contributed by atoms with Crippen molar-refractivity contribution in [2.75, 3.05) is 5.32 Å². The zero-order valence-corrected chi connectivity index (χ0v) is 13.6. The van der Waals surface area contributed by atoms with Crippen LogP contribution in [0.3, 0.4) is 0 Å². The van der Waals surface area contributed by atoms with E-state index < -0.39 is 29.0 Å². The smallest absolute Gasteiger partial charge is 0.224 e. The lowest BCUT2D eigenvalue weighted by molar-refractivity contribution is -0.116. The molecule has 0 aliphatic carbocycles. The molecule has 0 fully saturated rings. The molecule has 0 saturated heterocycles. The minimum atomic E-state index is -1.61. The van der Waals surface area contributed by atoms with Crippen LogP contribution in [0, 0.1) is 17.5 Å². The summed E-state index contributed by atoms with van der Waals surface area (Å²) in [5, 5.41) is 4.85. The first-order chi connectivity index (χ1) is 12.0. The van der Waals surface area contributed by atoms with Crippen LogP contribution in [0.1, 0.15) is 12.1 Å². The van der Waals surface area contributed by atoms with Gasteiger partial charge >= 0.3 is 0 Å². The van der Waals surface area contributed by atoms with Crippen molar-refractivity contribution in [3.05, 3.63) is 65.2 Å². The van der Waals surface area contributed by atoms with Gasteiger partial charge in [0.05, 0.1) is 11.4 Å². The summed E-state index contributed by atoms with van der Waals surface area (Å²) in [5.74, 6) is -4.85. The molecule has 1 amide bonds. The predicted molar refractivity (Wildman–Crippen MR) is 88.6 cm³/mol. The van der Waals surface area contributed by atoms with Crippen molar-refractivity contribution in [1.29, 1.82) is 0 Å². The number of halogens is 3. The predicted octanol–water partition coefficient (Wildman–Crippen LogP) is 4.19. The summed E-state index contributed by atoms with van der Waals surface area (Å²) >= 11 is 1.43. The summed E-state index contributed by atoms with van der Waals surface area (Å²) in [4.78, 5) is 20.3. The zero-order valence-electron chi connectivity index (χ0n) is 12.8. The van der Waals surface area contributed by atoms with Crippen molar-refractivity contribution >= 4 is 22.9 Å². The third-order valence-corrected chi connectivity index (χ3v) is 4.32. The lowest BCUT2D eigenvalue weighted by Gasteiger charge is -2.06. The maximum Gasteiger partial charge on any atom is 0.224 e. The molecule has 4 nitrogen and oxygen atoms in total. The quantitative estimate of drug-likeness (QED) is 0.692. The lowest BCUT2D eigenvalue weighted by Crippen LogP contribution is -2.14. The van der Waals surface area contributed by atoms with Crippen LogP contribution in [-0.2, 0) is 11.2 Å². The highest BCUT2D eigenvalue weighted by molar-refractivity contribution is 7.13. The average molecular weight is 363 g/mol. The highest BCUT2D eigenvalue weighted by Gasteiger charge is 2.15. The molecule has 2 aromatic heterocycles. The first-order valence-electron chi connectivity index (χ1n) is 7.32. The van der Waals surface area contributed by atoms with Crippen molar-refractivity contribution in [2.24, 2.45) is 0 Å². The normalized spacial score (nSPS) is 10.7. The minimum absolute atomic E-state index is 0.0364. The number of benzene rings is 1. The SMILES string of the molecule is O=C(CCc1csc(-c2cccnc2)n1)Nc1ccc(F)c(F)c1F. The molecule has 1 N–H and O–H groups in total. The Balaban J connectivity index is 1.60. The monoisotopic (exact) mass is 363 g/mol. The molecule has 0 atom stereocenters. The Kier molecular flexibility index (Phi) is 5.08. The van der Waals surface area contributed by atoms with E-state index in [9.17, 15) is 18.0 Å². The average Bonchev–Trinajstić information content (AvgIpc) is 3.10. The fraction of sp³-hybridized carbons (Fsp3) is 0.118. The molecule has 3 aromatic rings. The van der Waals surface area contributed by atoms with Gasteiger partial charge in [0, 0.05) is 29.8 Å². The first-order valence-corrected chi connectivity index (χ1v) is 8.20. The number of rotatable bonds is 5. The highest BCUT2D eigenvalue weighted by Crippen LogP contribution is 2.23. The molecule has 3 rings (SSSR count). The molecule has 1 aromatic carbocycles. The molecule has 0 bridgehead atoms. The van der Waals surface area contributed by atoms with E-state index in [2.05, 4.69) is 15.3 Å². The summed E-state index contributed by atoms with van der Waals surface area (Å²) in [7, 11) is 0. The van der Waals surface area contributed by atoms with Gasteiger partial charge in [0.1, 0.15) is 5.01 Å². The van der Waals surface area contributed by atoms with Crippen molar-refractivity contribution in [3.63, 3.8) is 0 Å². The number of thiazole rings is 1. The van der Waals surface area contributed by atoms with Gasteiger partial charge in [-0.2, -0.15) is 0 Å². The van der Waals surface area contributed by atoms with E-state index in [-0.39, 0.29) is 6.42 Å². The number of carbonyl (C=O) groups is 1. The third kappa shape index (κ3) is 4.03. The highest BCUT2D eigenvalue weighted by atomic mass is 32.1. The van der Waals surface area contributed by atoms with E-state index in [1.54, 1.807) is 18.5 Å². The van der Waals surface area contributed by atoms with Crippen molar-refractivity contribution in [1.82, 2.24) is 9.97 Å². The van der Waals surface area contributed by atoms with Crippen LogP contribution in [0.15, 0.2) is 42.0 Å². The van der Waals surface area contributed by atoms with Crippen LogP contribution in [-0.4, -0.2) is 15.9 Å². The maximum atomic E-state index is 13.5. The van der Waals surface area contributed by atoms with Crippen LogP contribution < -0.4 is 5.32 Å². The van der Waals surface area contributed by atoms with Gasteiger partial charge in [-0.1, -0.05) is 0 Å². The molecule has 2 heterocycles. The van der Waals surface area contributed by atoms with Crippen LogP contribution in [0.2, 0.25) is 0 Å². The van der Waals surface area contributed by atoms with Crippen LogP contribution in [0.4, 0.5) is 18.9 Å². The largest absolute Gasteiger partial charge is 0.323 e. The number of nitrogens with one attached hydrogen (secondary N) is 1. The summed E-state index contributed by atoms with van der Waals surface area (Å²) in [6.45, 7) is 0.